The minimum absolute atomic E-state index is 0.186. The lowest BCUT2D eigenvalue weighted by Gasteiger charge is -2.34. The molecule has 0 radical (unpaired) electrons. The maximum atomic E-state index is 12.4. The largest absolute Gasteiger partial charge is 0.383 e. The Balaban J connectivity index is 2.56. The van der Waals surface area contributed by atoms with Crippen molar-refractivity contribution in [1.82, 2.24) is 10.2 Å². The molecule has 1 fully saturated rings. The molecule has 1 saturated heterocycles. The standard InChI is InChI=1S/C13H26N2O2/c1-10(2)15(7-8-17-4)13(16)12-5-6-14-11(3)9-12/h10-12,14H,5-9H2,1-4H3. The molecule has 1 N–H and O–H groups in total. The molecular formula is C13H26N2O2. The van der Waals surface area contributed by atoms with Crippen LogP contribution < -0.4 is 5.32 Å². The molecule has 17 heavy (non-hydrogen) atoms. The van der Waals surface area contributed by atoms with Crippen molar-refractivity contribution >= 4 is 5.91 Å². The summed E-state index contributed by atoms with van der Waals surface area (Å²) in [6.07, 6.45) is 1.91. The number of piperidine rings is 1. The first-order valence-electron chi connectivity index (χ1n) is 6.59. The van der Waals surface area contributed by atoms with E-state index in [1.165, 1.54) is 0 Å². The molecule has 0 aromatic carbocycles. The molecule has 1 rings (SSSR count). The molecule has 1 heterocycles. The lowest BCUT2D eigenvalue weighted by atomic mass is 9.91. The number of amides is 1. The second-order valence-corrected chi connectivity index (χ2v) is 5.19. The highest BCUT2D eigenvalue weighted by atomic mass is 16.5. The summed E-state index contributed by atoms with van der Waals surface area (Å²) in [7, 11) is 1.68. The first-order valence-corrected chi connectivity index (χ1v) is 6.59. The van der Waals surface area contributed by atoms with E-state index in [4.69, 9.17) is 4.74 Å². The zero-order valence-corrected chi connectivity index (χ0v) is 11.5. The Labute approximate surface area is 105 Å². The molecule has 0 spiro atoms. The van der Waals surface area contributed by atoms with Crippen LogP contribution >= 0.6 is 0 Å². The monoisotopic (exact) mass is 242 g/mol. The summed E-state index contributed by atoms with van der Waals surface area (Å²) in [4.78, 5) is 14.4. The van der Waals surface area contributed by atoms with Crippen molar-refractivity contribution in [1.29, 1.82) is 0 Å². The summed E-state index contributed by atoms with van der Waals surface area (Å²) in [5.41, 5.74) is 0. The number of hydrogen-bond acceptors (Lipinski definition) is 3. The first kappa shape index (κ1) is 14.5. The van der Waals surface area contributed by atoms with Gasteiger partial charge in [0.15, 0.2) is 0 Å². The Morgan fingerprint density at radius 1 is 1.53 bits per heavy atom. The average molecular weight is 242 g/mol. The van der Waals surface area contributed by atoms with E-state index in [1.54, 1.807) is 7.11 Å². The lowest BCUT2D eigenvalue weighted by Crippen LogP contribution is -2.47. The quantitative estimate of drug-likeness (QED) is 0.789. The van der Waals surface area contributed by atoms with Crippen LogP contribution in [-0.4, -0.2) is 49.7 Å². The Hall–Kier alpha value is -0.610. The van der Waals surface area contributed by atoms with Crippen LogP contribution in [0, 0.1) is 5.92 Å². The number of nitrogens with one attached hydrogen (secondary N) is 1. The van der Waals surface area contributed by atoms with E-state index in [0.29, 0.717) is 25.1 Å². The molecular weight excluding hydrogens is 216 g/mol. The van der Waals surface area contributed by atoms with Gasteiger partial charge in [0.2, 0.25) is 5.91 Å². The Morgan fingerprint density at radius 2 is 2.24 bits per heavy atom. The predicted molar refractivity (Wildman–Crippen MR) is 68.9 cm³/mol. The number of hydrogen-bond donors (Lipinski definition) is 1. The molecule has 0 saturated carbocycles. The van der Waals surface area contributed by atoms with Gasteiger partial charge in [0.1, 0.15) is 0 Å². The van der Waals surface area contributed by atoms with Gasteiger partial charge in [-0.2, -0.15) is 0 Å². The Morgan fingerprint density at radius 3 is 2.76 bits per heavy atom. The molecule has 0 aromatic heterocycles. The number of methoxy groups -OCH3 is 1. The van der Waals surface area contributed by atoms with E-state index < -0.39 is 0 Å². The van der Waals surface area contributed by atoms with E-state index in [-0.39, 0.29) is 12.0 Å². The number of ether oxygens (including phenoxy) is 1. The van der Waals surface area contributed by atoms with E-state index in [1.807, 2.05) is 4.90 Å². The van der Waals surface area contributed by atoms with Crippen LogP contribution in [0.1, 0.15) is 33.6 Å². The van der Waals surface area contributed by atoms with Gasteiger partial charge in [0, 0.05) is 31.7 Å². The number of nitrogens with zero attached hydrogens (tertiary/aromatic N) is 1. The summed E-state index contributed by atoms with van der Waals surface area (Å²) >= 11 is 0. The topological polar surface area (TPSA) is 41.6 Å². The van der Waals surface area contributed by atoms with Crippen molar-refractivity contribution in [2.24, 2.45) is 5.92 Å². The van der Waals surface area contributed by atoms with Gasteiger partial charge in [0.25, 0.3) is 0 Å². The fraction of sp³-hybridized carbons (Fsp3) is 0.923. The van der Waals surface area contributed by atoms with Crippen LogP contribution in [-0.2, 0) is 9.53 Å². The first-order chi connectivity index (χ1) is 8.06. The van der Waals surface area contributed by atoms with Crippen molar-refractivity contribution in [3.63, 3.8) is 0 Å². The van der Waals surface area contributed by atoms with E-state index in [9.17, 15) is 4.79 Å². The fourth-order valence-electron chi connectivity index (χ4n) is 2.40. The molecule has 4 heteroatoms. The third kappa shape index (κ3) is 4.28. The van der Waals surface area contributed by atoms with Crippen LogP contribution in [0.5, 0.6) is 0 Å². The van der Waals surface area contributed by atoms with Gasteiger partial charge in [-0.25, -0.2) is 0 Å². The smallest absolute Gasteiger partial charge is 0.226 e. The maximum Gasteiger partial charge on any atom is 0.226 e. The fourth-order valence-corrected chi connectivity index (χ4v) is 2.40. The van der Waals surface area contributed by atoms with E-state index in [2.05, 4.69) is 26.1 Å². The second-order valence-electron chi connectivity index (χ2n) is 5.19. The van der Waals surface area contributed by atoms with Crippen LogP contribution in [0.3, 0.4) is 0 Å². The molecule has 1 amide bonds. The maximum absolute atomic E-state index is 12.4. The molecule has 4 nitrogen and oxygen atoms in total. The van der Waals surface area contributed by atoms with E-state index in [0.717, 1.165) is 19.4 Å². The molecule has 1 aliphatic rings. The number of carbonyl (C=O) groups is 1. The average Bonchev–Trinajstić information content (AvgIpc) is 2.29. The van der Waals surface area contributed by atoms with Gasteiger partial charge < -0.3 is 15.0 Å². The Bertz CT molecular complexity index is 244. The second kappa shape index (κ2) is 6.97. The van der Waals surface area contributed by atoms with Crippen LogP contribution in [0.25, 0.3) is 0 Å². The predicted octanol–water partition coefficient (Wildman–Crippen LogP) is 1.26. The van der Waals surface area contributed by atoms with Crippen molar-refractivity contribution < 1.29 is 9.53 Å². The highest BCUT2D eigenvalue weighted by molar-refractivity contribution is 5.79. The minimum Gasteiger partial charge on any atom is -0.383 e. The van der Waals surface area contributed by atoms with Gasteiger partial charge in [-0.15, -0.1) is 0 Å². The third-order valence-electron chi connectivity index (χ3n) is 3.42. The van der Waals surface area contributed by atoms with Gasteiger partial charge in [-0.1, -0.05) is 0 Å². The number of rotatable bonds is 5. The van der Waals surface area contributed by atoms with Crippen molar-refractivity contribution in [2.45, 2.75) is 45.7 Å². The lowest BCUT2D eigenvalue weighted by molar-refractivity contribution is -0.139. The van der Waals surface area contributed by atoms with Crippen molar-refractivity contribution in [3.8, 4) is 0 Å². The molecule has 2 atom stereocenters. The van der Waals surface area contributed by atoms with Gasteiger partial charge in [-0.05, 0) is 40.2 Å². The van der Waals surface area contributed by atoms with Crippen LogP contribution in [0.15, 0.2) is 0 Å². The third-order valence-corrected chi connectivity index (χ3v) is 3.42. The normalized spacial score (nSPS) is 25.0. The molecule has 0 aliphatic carbocycles. The van der Waals surface area contributed by atoms with Gasteiger partial charge in [0.05, 0.1) is 6.61 Å². The molecule has 100 valence electrons. The van der Waals surface area contributed by atoms with Crippen molar-refractivity contribution in [3.05, 3.63) is 0 Å². The summed E-state index contributed by atoms with van der Waals surface area (Å²) < 4.78 is 5.07. The SMILES string of the molecule is COCCN(C(=O)C1CCNC(C)C1)C(C)C. The van der Waals surface area contributed by atoms with Gasteiger partial charge >= 0.3 is 0 Å². The summed E-state index contributed by atoms with van der Waals surface area (Å²) in [6.45, 7) is 8.55. The zero-order chi connectivity index (χ0) is 12.8. The molecule has 0 aromatic rings. The van der Waals surface area contributed by atoms with E-state index >= 15 is 0 Å². The zero-order valence-electron chi connectivity index (χ0n) is 11.5. The van der Waals surface area contributed by atoms with Crippen molar-refractivity contribution in [2.75, 3.05) is 26.8 Å². The summed E-state index contributed by atoms with van der Waals surface area (Å²) in [6, 6.07) is 0.706. The molecule has 1 aliphatic heterocycles. The highest BCUT2D eigenvalue weighted by Crippen LogP contribution is 2.19. The van der Waals surface area contributed by atoms with Crippen LogP contribution in [0.2, 0.25) is 0 Å². The summed E-state index contributed by atoms with van der Waals surface area (Å²) in [5.74, 6) is 0.482. The Kier molecular flexibility index (Phi) is 5.92. The molecule has 2 unspecified atom stereocenters. The van der Waals surface area contributed by atoms with Gasteiger partial charge in [-0.3, -0.25) is 4.79 Å². The minimum atomic E-state index is 0.186. The van der Waals surface area contributed by atoms with Crippen LogP contribution in [0.4, 0.5) is 0 Å². The molecule has 0 bridgehead atoms. The highest BCUT2D eigenvalue weighted by Gasteiger charge is 2.29. The number of carbonyl (C=O) groups excluding carboxylic acids is 1. The summed E-state index contributed by atoms with van der Waals surface area (Å²) in [5, 5.41) is 3.38.